The van der Waals surface area contributed by atoms with Crippen LogP contribution in [0.2, 0.25) is 0 Å². The summed E-state index contributed by atoms with van der Waals surface area (Å²) in [7, 11) is -3.64. The first-order valence-electron chi connectivity index (χ1n) is 8.83. The van der Waals surface area contributed by atoms with Crippen molar-refractivity contribution in [1.82, 2.24) is 4.72 Å². The molecule has 3 nitrogen and oxygen atoms in total. The molecule has 0 saturated heterocycles. The highest BCUT2D eigenvalue weighted by molar-refractivity contribution is 7.89. The molecule has 3 aromatic carbocycles. The second-order valence-electron chi connectivity index (χ2n) is 6.59. The normalized spacial score (nSPS) is 13.0. The Kier molecular flexibility index (Phi) is 5.89. The minimum Gasteiger partial charge on any atom is -0.207 e. The first kappa shape index (κ1) is 19.1. The van der Waals surface area contributed by atoms with Crippen molar-refractivity contribution in [2.45, 2.75) is 24.8 Å². The number of hydrogen-bond acceptors (Lipinski definition) is 2. The number of benzene rings is 3. The Hall–Kier alpha value is -2.69. The smallest absolute Gasteiger partial charge is 0.207 e. The van der Waals surface area contributed by atoms with E-state index in [0.29, 0.717) is 0 Å². The van der Waals surface area contributed by atoms with E-state index in [9.17, 15) is 8.42 Å². The summed E-state index contributed by atoms with van der Waals surface area (Å²) in [5.41, 5.74) is 4.06. The van der Waals surface area contributed by atoms with E-state index in [-0.39, 0.29) is 4.90 Å². The Bertz CT molecular complexity index is 1010. The van der Waals surface area contributed by atoms with Gasteiger partial charge in [-0.2, -0.15) is 4.72 Å². The summed E-state index contributed by atoms with van der Waals surface area (Å²) >= 11 is 0. The molecule has 0 aromatic heterocycles. The summed E-state index contributed by atoms with van der Waals surface area (Å²) in [6, 6.07) is 24.1. The minimum absolute atomic E-state index is 0.262. The van der Waals surface area contributed by atoms with Crippen LogP contribution in [0.5, 0.6) is 0 Å². The van der Waals surface area contributed by atoms with Crippen LogP contribution in [0.4, 0.5) is 0 Å². The molecule has 1 N–H and O–H groups in total. The molecule has 0 saturated carbocycles. The third-order valence-electron chi connectivity index (χ3n) is 4.33. The van der Waals surface area contributed by atoms with Crippen molar-refractivity contribution < 1.29 is 8.42 Å². The van der Waals surface area contributed by atoms with Gasteiger partial charge in [-0.15, -0.1) is 0 Å². The van der Waals surface area contributed by atoms with E-state index >= 15 is 0 Å². The molecule has 0 amide bonds. The molecule has 3 aromatic rings. The van der Waals surface area contributed by atoms with Crippen LogP contribution in [0.3, 0.4) is 0 Å². The molecule has 3 rings (SSSR count). The maximum atomic E-state index is 12.9. The van der Waals surface area contributed by atoms with E-state index in [4.69, 9.17) is 0 Å². The summed E-state index contributed by atoms with van der Waals surface area (Å²) < 4.78 is 28.5. The third-order valence-corrected chi connectivity index (χ3v) is 5.79. The molecular formula is C23H23NO2S. The first-order chi connectivity index (χ1) is 12.9. The largest absolute Gasteiger partial charge is 0.241 e. The van der Waals surface area contributed by atoms with Crippen molar-refractivity contribution in [3.63, 3.8) is 0 Å². The lowest BCUT2D eigenvalue weighted by Gasteiger charge is -2.16. The second-order valence-corrected chi connectivity index (χ2v) is 8.31. The summed E-state index contributed by atoms with van der Waals surface area (Å²) in [5.74, 6) is 0. The highest BCUT2D eigenvalue weighted by Gasteiger charge is 2.19. The quantitative estimate of drug-likeness (QED) is 0.654. The molecule has 0 radical (unpaired) electrons. The molecule has 0 heterocycles. The molecule has 0 fully saturated rings. The predicted molar refractivity (Wildman–Crippen MR) is 111 cm³/mol. The van der Waals surface area contributed by atoms with Crippen molar-refractivity contribution in [3.8, 4) is 0 Å². The van der Waals surface area contributed by atoms with Gasteiger partial charge in [0.15, 0.2) is 0 Å². The van der Waals surface area contributed by atoms with Crippen LogP contribution in [0, 0.1) is 13.8 Å². The zero-order chi connectivity index (χ0) is 19.3. The Balaban J connectivity index is 1.92. The molecule has 0 bridgehead atoms. The second kappa shape index (κ2) is 8.33. The maximum Gasteiger partial charge on any atom is 0.241 e. The van der Waals surface area contributed by atoms with Crippen molar-refractivity contribution >= 4 is 16.1 Å². The summed E-state index contributed by atoms with van der Waals surface area (Å²) in [6.45, 7) is 3.94. The lowest BCUT2D eigenvalue weighted by Crippen LogP contribution is -2.27. The molecular weight excluding hydrogens is 354 g/mol. The van der Waals surface area contributed by atoms with Crippen LogP contribution in [-0.2, 0) is 10.0 Å². The van der Waals surface area contributed by atoms with Gasteiger partial charge in [0, 0.05) is 0 Å². The molecule has 0 aliphatic rings. The Morgan fingerprint density at radius 1 is 0.778 bits per heavy atom. The van der Waals surface area contributed by atoms with E-state index in [1.165, 1.54) is 0 Å². The zero-order valence-corrected chi connectivity index (χ0v) is 16.3. The lowest BCUT2D eigenvalue weighted by atomic mass is 10.0. The van der Waals surface area contributed by atoms with Gasteiger partial charge in [-0.3, -0.25) is 0 Å². The van der Waals surface area contributed by atoms with E-state index in [1.54, 1.807) is 24.3 Å². The van der Waals surface area contributed by atoms with Crippen molar-refractivity contribution in [3.05, 3.63) is 107 Å². The summed E-state index contributed by atoms with van der Waals surface area (Å²) in [5, 5.41) is 0. The van der Waals surface area contributed by atoms with Crippen LogP contribution in [0.25, 0.3) is 6.08 Å². The van der Waals surface area contributed by atoms with E-state index in [2.05, 4.69) is 4.72 Å². The Morgan fingerprint density at radius 2 is 1.33 bits per heavy atom. The van der Waals surface area contributed by atoms with Crippen molar-refractivity contribution in [2.75, 3.05) is 0 Å². The number of rotatable bonds is 6. The first-order valence-corrected chi connectivity index (χ1v) is 10.3. The molecule has 0 aliphatic carbocycles. The summed E-state index contributed by atoms with van der Waals surface area (Å²) in [6.07, 6.45) is 3.81. The van der Waals surface area contributed by atoms with Gasteiger partial charge in [0.25, 0.3) is 0 Å². The van der Waals surface area contributed by atoms with Gasteiger partial charge in [-0.1, -0.05) is 90.0 Å². The topological polar surface area (TPSA) is 46.2 Å². The fourth-order valence-corrected chi connectivity index (χ4v) is 3.90. The average molecular weight is 378 g/mol. The van der Waals surface area contributed by atoms with Crippen molar-refractivity contribution in [2.24, 2.45) is 0 Å². The molecule has 0 unspecified atom stereocenters. The van der Waals surface area contributed by atoms with E-state index < -0.39 is 16.1 Å². The number of sulfonamides is 1. The number of nitrogens with one attached hydrogen (secondary N) is 1. The van der Waals surface area contributed by atoms with Gasteiger partial charge in [0.2, 0.25) is 10.0 Å². The minimum atomic E-state index is -3.64. The van der Waals surface area contributed by atoms with Crippen LogP contribution < -0.4 is 4.72 Å². The standard InChI is InChI=1S/C23H23NO2S/c1-18-8-13-21(14-9-18)23(17-12-20-6-4-3-5-7-20)24-27(25,26)22-15-10-19(2)11-16-22/h3-17,23-24H,1-2H3/b17-12+/t23-/m0/s1. The predicted octanol–water partition coefficient (Wildman–Crippen LogP) is 5.04. The fraction of sp³-hybridized carbons (Fsp3) is 0.130. The highest BCUT2D eigenvalue weighted by Crippen LogP contribution is 2.21. The van der Waals surface area contributed by atoms with Crippen LogP contribution in [0.15, 0.2) is 89.8 Å². The van der Waals surface area contributed by atoms with Gasteiger partial charge in [0.1, 0.15) is 0 Å². The van der Waals surface area contributed by atoms with Gasteiger partial charge in [-0.25, -0.2) is 8.42 Å². The van der Waals surface area contributed by atoms with Crippen molar-refractivity contribution in [1.29, 1.82) is 0 Å². The molecule has 0 aliphatic heterocycles. The molecule has 4 heteroatoms. The van der Waals surface area contributed by atoms with E-state index in [1.807, 2.05) is 80.6 Å². The Labute approximate surface area is 161 Å². The average Bonchev–Trinajstić information content (AvgIpc) is 2.67. The Morgan fingerprint density at radius 3 is 1.93 bits per heavy atom. The summed E-state index contributed by atoms with van der Waals surface area (Å²) in [4.78, 5) is 0.262. The van der Waals surface area contributed by atoms with Gasteiger partial charge < -0.3 is 0 Å². The SMILES string of the molecule is Cc1ccc([C@H](/C=C/c2ccccc2)NS(=O)(=O)c2ccc(C)cc2)cc1. The lowest BCUT2D eigenvalue weighted by molar-refractivity contribution is 0.574. The zero-order valence-electron chi connectivity index (χ0n) is 15.5. The number of hydrogen-bond donors (Lipinski definition) is 1. The monoisotopic (exact) mass is 377 g/mol. The molecule has 1 atom stereocenters. The van der Waals surface area contributed by atoms with Crippen LogP contribution in [0.1, 0.15) is 28.3 Å². The third kappa shape index (κ3) is 5.16. The van der Waals surface area contributed by atoms with Gasteiger partial charge in [-0.05, 0) is 37.1 Å². The molecule has 27 heavy (non-hydrogen) atoms. The van der Waals surface area contributed by atoms with E-state index in [0.717, 1.165) is 22.3 Å². The fourth-order valence-electron chi connectivity index (χ4n) is 2.72. The van der Waals surface area contributed by atoms with Gasteiger partial charge in [0.05, 0.1) is 10.9 Å². The van der Waals surface area contributed by atoms with Crippen LogP contribution >= 0.6 is 0 Å². The van der Waals surface area contributed by atoms with Crippen LogP contribution in [-0.4, -0.2) is 8.42 Å². The molecule has 0 spiro atoms. The maximum absolute atomic E-state index is 12.9. The van der Waals surface area contributed by atoms with Gasteiger partial charge >= 0.3 is 0 Å². The number of aryl methyl sites for hydroxylation is 2. The highest BCUT2D eigenvalue weighted by atomic mass is 32.2. The molecule has 138 valence electrons.